The summed E-state index contributed by atoms with van der Waals surface area (Å²) in [5.41, 5.74) is 3.01. The predicted molar refractivity (Wildman–Crippen MR) is 112 cm³/mol. The zero-order valence-corrected chi connectivity index (χ0v) is 17.5. The highest BCUT2D eigenvalue weighted by atomic mass is 35.5. The molecule has 0 bridgehead atoms. The number of phenols is 1. The Hall–Kier alpha value is -1.42. The highest BCUT2D eigenvalue weighted by molar-refractivity contribution is 6.31. The maximum atomic E-state index is 9.94. The summed E-state index contributed by atoms with van der Waals surface area (Å²) in [5.74, 6) is 1.48. The second kappa shape index (κ2) is 10.7. The molecule has 2 rings (SSSR count). The molecule has 0 fully saturated rings. The van der Waals surface area contributed by atoms with Gasteiger partial charge in [-0.25, -0.2) is 0 Å². The lowest BCUT2D eigenvalue weighted by atomic mass is 10.00. The van der Waals surface area contributed by atoms with Crippen molar-refractivity contribution in [3.8, 4) is 11.5 Å². The molecule has 0 saturated carbocycles. The Morgan fingerprint density at radius 3 is 2.50 bits per heavy atom. The number of benzene rings is 2. The molecule has 3 nitrogen and oxygen atoms in total. The van der Waals surface area contributed by atoms with Gasteiger partial charge in [0.1, 0.15) is 18.1 Å². The van der Waals surface area contributed by atoms with Crippen LogP contribution in [0.25, 0.3) is 0 Å². The van der Waals surface area contributed by atoms with Crippen LogP contribution in [0.5, 0.6) is 11.5 Å². The normalized spacial score (nSPS) is 10.9. The van der Waals surface area contributed by atoms with Gasteiger partial charge in [0.05, 0.1) is 0 Å². The van der Waals surface area contributed by atoms with Crippen molar-refractivity contribution in [2.45, 2.75) is 40.2 Å². The van der Waals surface area contributed by atoms with Crippen LogP contribution in [0.15, 0.2) is 36.4 Å². The maximum absolute atomic E-state index is 9.94. The molecule has 0 radical (unpaired) electrons. The first kappa shape index (κ1) is 22.6. The Labute approximate surface area is 168 Å². The maximum Gasteiger partial charge on any atom is 0.123 e. The van der Waals surface area contributed by atoms with Crippen molar-refractivity contribution >= 4 is 24.0 Å². The quantitative estimate of drug-likeness (QED) is 0.610. The molecule has 0 atom stereocenters. The molecule has 0 aliphatic rings. The summed E-state index contributed by atoms with van der Waals surface area (Å²) in [6, 6.07) is 11.7. The van der Waals surface area contributed by atoms with Crippen LogP contribution >= 0.6 is 24.0 Å². The molecule has 0 aliphatic heterocycles. The van der Waals surface area contributed by atoms with Crippen molar-refractivity contribution in [1.82, 2.24) is 4.90 Å². The zero-order chi connectivity index (χ0) is 18.4. The predicted octanol–water partition coefficient (Wildman–Crippen LogP) is 5.80. The van der Waals surface area contributed by atoms with E-state index in [2.05, 4.69) is 31.7 Å². The van der Waals surface area contributed by atoms with E-state index in [0.29, 0.717) is 18.3 Å². The molecule has 2 aromatic rings. The van der Waals surface area contributed by atoms with Crippen LogP contribution in [0, 0.1) is 6.92 Å². The summed E-state index contributed by atoms with van der Waals surface area (Å²) in [5, 5.41) is 10.7. The van der Waals surface area contributed by atoms with E-state index in [-0.39, 0.29) is 12.4 Å². The van der Waals surface area contributed by atoms with Crippen molar-refractivity contribution in [2.75, 3.05) is 19.7 Å². The van der Waals surface area contributed by atoms with Gasteiger partial charge >= 0.3 is 0 Å². The molecule has 1 N–H and O–H groups in total. The number of aryl methyl sites for hydroxylation is 1. The Balaban J connectivity index is 0.00000338. The van der Waals surface area contributed by atoms with Gasteiger partial charge in [-0.3, -0.25) is 4.90 Å². The molecule has 0 amide bonds. The summed E-state index contributed by atoms with van der Waals surface area (Å²) in [4.78, 5) is 2.31. The fourth-order valence-corrected chi connectivity index (χ4v) is 2.96. The average Bonchev–Trinajstić information content (AvgIpc) is 2.58. The molecule has 26 heavy (non-hydrogen) atoms. The summed E-state index contributed by atoms with van der Waals surface area (Å²) in [7, 11) is 0. The lowest BCUT2D eigenvalue weighted by Crippen LogP contribution is -2.28. The zero-order valence-electron chi connectivity index (χ0n) is 16.0. The molecule has 0 aliphatic carbocycles. The molecular weight excluding hydrogens is 369 g/mol. The van der Waals surface area contributed by atoms with E-state index in [0.717, 1.165) is 47.1 Å². The third kappa shape index (κ3) is 6.08. The first-order chi connectivity index (χ1) is 11.9. The average molecular weight is 398 g/mol. The van der Waals surface area contributed by atoms with Gasteiger partial charge in [0, 0.05) is 23.7 Å². The van der Waals surface area contributed by atoms with Gasteiger partial charge in [-0.1, -0.05) is 50.6 Å². The van der Waals surface area contributed by atoms with Crippen LogP contribution in [0.4, 0.5) is 0 Å². The first-order valence-corrected chi connectivity index (χ1v) is 9.22. The van der Waals surface area contributed by atoms with Gasteiger partial charge in [0.25, 0.3) is 0 Å². The third-order valence-electron chi connectivity index (χ3n) is 4.41. The fraction of sp³-hybridized carbons (Fsp3) is 0.429. The van der Waals surface area contributed by atoms with Crippen molar-refractivity contribution < 1.29 is 9.84 Å². The molecular formula is C21H29Cl2NO2. The molecule has 0 aromatic heterocycles. The molecule has 0 saturated heterocycles. The summed E-state index contributed by atoms with van der Waals surface area (Å²) >= 11 is 6.26. The van der Waals surface area contributed by atoms with Crippen LogP contribution in [0.3, 0.4) is 0 Å². The van der Waals surface area contributed by atoms with Crippen LogP contribution in [0.1, 0.15) is 43.4 Å². The topological polar surface area (TPSA) is 32.7 Å². The summed E-state index contributed by atoms with van der Waals surface area (Å²) in [6.07, 6.45) is 0. The number of rotatable bonds is 8. The highest BCUT2D eigenvalue weighted by Crippen LogP contribution is 2.32. The van der Waals surface area contributed by atoms with Crippen LogP contribution in [0.2, 0.25) is 5.02 Å². The second-order valence-corrected chi connectivity index (χ2v) is 7.05. The Morgan fingerprint density at radius 1 is 1.19 bits per heavy atom. The van der Waals surface area contributed by atoms with Crippen LogP contribution in [-0.2, 0) is 6.54 Å². The summed E-state index contributed by atoms with van der Waals surface area (Å²) < 4.78 is 6.05. The Morgan fingerprint density at radius 2 is 1.88 bits per heavy atom. The number of halogens is 2. The van der Waals surface area contributed by atoms with E-state index in [4.69, 9.17) is 16.3 Å². The SMILES string of the molecule is CCN(CCOc1cc(C)c(O)cc1C(C)C)Cc1ccccc1Cl.Cl. The van der Waals surface area contributed by atoms with Crippen LogP contribution in [-0.4, -0.2) is 29.7 Å². The largest absolute Gasteiger partial charge is 0.508 e. The first-order valence-electron chi connectivity index (χ1n) is 8.84. The fourth-order valence-electron chi connectivity index (χ4n) is 2.76. The van der Waals surface area contributed by atoms with E-state index < -0.39 is 0 Å². The number of phenolic OH excluding ortho intramolecular Hbond substituents is 1. The lowest BCUT2D eigenvalue weighted by Gasteiger charge is -2.22. The van der Waals surface area contributed by atoms with E-state index in [1.54, 1.807) is 0 Å². The molecule has 0 heterocycles. The van der Waals surface area contributed by atoms with E-state index in [1.165, 1.54) is 0 Å². The van der Waals surface area contributed by atoms with Crippen molar-refractivity contribution in [2.24, 2.45) is 0 Å². The minimum Gasteiger partial charge on any atom is -0.508 e. The third-order valence-corrected chi connectivity index (χ3v) is 4.78. The Kier molecular flexibility index (Phi) is 9.28. The van der Waals surface area contributed by atoms with Crippen molar-refractivity contribution in [1.29, 1.82) is 0 Å². The number of hydrogen-bond donors (Lipinski definition) is 1. The van der Waals surface area contributed by atoms with Gasteiger partial charge in [-0.05, 0) is 48.7 Å². The van der Waals surface area contributed by atoms with Gasteiger partial charge in [-0.15, -0.1) is 12.4 Å². The van der Waals surface area contributed by atoms with Gasteiger partial charge in [0.15, 0.2) is 0 Å². The standard InChI is InChI=1S/C21H28ClNO2.ClH/c1-5-23(14-17-8-6-7-9-19(17)22)10-11-25-21-12-16(4)20(24)13-18(21)15(2)3;/h6-9,12-13,15,24H,5,10-11,14H2,1-4H3;1H. The van der Waals surface area contributed by atoms with Crippen LogP contribution < -0.4 is 4.74 Å². The molecule has 5 heteroatoms. The minimum absolute atomic E-state index is 0. The van der Waals surface area contributed by atoms with Gasteiger partial charge < -0.3 is 9.84 Å². The van der Waals surface area contributed by atoms with Gasteiger partial charge in [0.2, 0.25) is 0 Å². The smallest absolute Gasteiger partial charge is 0.123 e. The lowest BCUT2D eigenvalue weighted by molar-refractivity contribution is 0.208. The Bertz CT molecular complexity index is 704. The second-order valence-electron chi connectivity index (χ2n) is 6.64. The molecule has 144 valence electrons. The molecule has 2 aromatic carbocycles. The summed E-state index contributed by atoms with van der Waals surface area (Å²) in [6.45, 7) is 11.4. The minimum atomic E-state index is 0. The van der Waals surface area contributed by atoms with E-state index in [1.807, 2.05) is 37.3 Å². The number of ether oxygens (including phenoxy) is 1. The number of nitrogens with zero attached hydrogens (tertiary/aromatic N) is 1. The molecule has 0 spiro atoms. The van der Waals surface area contributed by atoms with E-state index >= 15 is 0 Å². The van der Waals surface area contributed by atoms with Crippen molar-refractivity contribution in [3.05, 3.63) is 58.1 Å². The monoisotopic (exact) mass is 397 g/mol. The van der Waals surface area contributed by atoms with Gasteiger partial charge in [-0.2, -0.15) is 0 Å². The number of hydrogen-bond acceptors (Lipinski definition) is 3. The number of aromatic hydroxyl groups is 1. The number of likely N-dealkylation sites (N-methyl/N-ethyl adjacent to an activating group) is 1. The highest BCUT2D eigenvalue weighted by Gasteiger charge is 2.12. The van der Waals surface area contributed by atoms with E-state index in [9.17, 15) is 5.11 Å². The van der Waals surface area contributed by atoms with Crippen molar-refractivity contribution in [3.63, 3.8) is 0 Å². The molecule has 0 unspecified atom stereocenters.